The van der Waals surface area contributed by atoms with E-state index in [0.29, 0.717) is 35.8 Å². The normalized spacial score (nSPS) is 20.5. The van der Waals surface area contributed by atoms with Crippen LogP contribution in [0.5, 0.6) is 11.5 Å². The maximum atomic E-state index is 13.1. The first-order valence-electron chi connectivity index (χ1n) is 11.0. The summed E-state index contributed by atoms with van der Waals surface area (Å²) < 4.78 is 16.6. The minimum absolute atomic E-state index is 0.0962. The van der Waals surface area contributed by atoms with Crippen molar-refractivity contribution >= 4 is 29.2 Å². The molecule has 174 valence electrons. The molecule has 1 aliphatic heterocycles. The Morgan fingerprint density at radius 1 is 1.22 bits per heavy atom. The van der Waals surface area contributed by atoms with Crippen molar-refractivity contribution in [2.45, 2.75) is 39.0 Å². The first kappa shape index (κ1) is 24.3. The second-order valence-electron chi connectivity index (χ2n) is 7.69. The lowest BCUT2D eigenvalue weighted by Crippen LogP contribution is -2.39. The summed E-state index contributed by atoms with van der Waals surface area (Å²) in [7, 11) is 1.53. The lowest BCUT2D eigenvalue weighted by Gasteiger charge is -2.35. The van der Waals surface area contributed by atoms with Crippen LogP contribution >= 0.6 is 11.8 Å². The Kier molecular flexibility index (Phi) is 8.75. The summed E-state index contributed by atoms with van der Waals surface area (Å²) in [6.45, 7) is 4.21. The molecule has 0 spiro atoms. The second kappa shape index (κ2) is 11.5. The maximum absolute atomic E-state index is 13.1. The van der Waals surface area contributed by atoms with Gasteiger partial charge in [0.1, 0.15) is 19.0 Å². The predicted molar refractivity (Wildman–Crippen MR) is 125 cm³/mol. The maximum Gasteiger partial charge on any atom is 0.336 e. The molecule has 2 unspecified atom stereocenters. The van der Waals surface area contributed by atoms with Crippen molar-refractivity contribution in [2.24, 2.45) is 10.9 Å². The number of aliphatic imine (C=N–C) groups is 1. The summed E-state index contributed by atoms with van der Waals surface area (Å²) >= 11 is 1.70. The number of nitrogens with zero attached hydrogens (tertiary/aromatic N) is 1. The molecule has 1 fully saturated rings. The quantitative estimate of drug-likeness (QED) is 0.421. The molecule has 8 heteroatoms. The summed E-state index contributed by atoms with van der Waals surface area (Å²) in [5, 5.41) is 9.06. The molecule has 7 nitrogen and oxygen atoms in total. The largest absolute Gasteiger partial charge is 0.493 e. The molecular weight excluding hydrogens is 430 g/mol. The number of aliphatic hydroxyl groups excluding tert-OH is 1. The highest BCUT2D eigenvalue weighted by molar-refractivity contribution is 7.99. The van der Waals surface area contributed by atoms with Crippen molar-refractivity contribution in [2.75, 3.05) is 38.4 Å². The van der Waals surface area contributed by atoms with Gasteiger partial charge in [0.15, 0.2) is 11.5 Å². The first-order chi connectivity index (χ1) is 15.5. The van der Waals surface area contributed by atoms with E-state index in [1.54, 1.807) is 23.9 Å². The number of allylic oxidation sites excluding steroid dienone is 1. The number of ketones is 1. The van der Waals surface area contributed by atoms with Crippen molar-refractivity contribution < 1.29 is 28.9 Å². The zero-order valence-corrected chi connectivity index (χ0v) is 19.7. The van der Waals surface area contributed by atoms with Crippen LogP contribution in [0.2, 0.25) is 0 Å². The average Bonchev–Trinajstić information content (AvgIpc) is 2.79. The number of fused-ring (bicyclic) bond motifs is 1. The van der Waals surface area contributed by atoms with E-state index in [1.807, 2.05) is 13.0 Å². The molecule has 0 saturated heterocycles. The third kappa shape index (κ3) is 5.35. The van der Waals surface area contributed by atoms with Gasteiger partial charge in [0.25, 0.3) is 0 Å². The Bertz CT molecular complexity index is 910. The molecular formula is C24H31NO6S. The van der Waals surface area contributed by atoms with Crippen LogP contribution in [0.4, 0.5) is 0 Å². The fourth-order valence-electron chi connectivity index (χ4n) is 4.31. The van der Waals surface area contributed by atoms with Crippen LogP contribution in [0.1, 0.15) is 44.6 Å². The Hall–Kier alpha value is -2.32. The van der Waals surface area contributed by atoms with Gasteiger partial charge >= 0.3 is 5.97 Å². The zero-order valence-electron chi connectivity index (χ0n) is 18.9. The van der Waals surface area contributed by atoms with E-state index in [2.05, 4.69) is 11.9 Å². The van der Waals surface area contributed by atoms with Gasteiger partial charge in [-0.2, -0.15) is 11.8 Å². The van der Waals surface area contributed by atoms with Gasteiger partial charge in [-0.3, -0.25) is 9.79 Å². The van der Waals surface area contributed by atoms with Gasteiger partial charge in [-0.1, -0.05) is 13.0 Å². The molecule has 1 aliphatic carbocycles. The van der Waals surface area contributed by atoms with Crippen LogP contribution in [0.15, 0.2) is 34.5 Å². The molecule has 1 heterocycles. The van der Waals surface area contributed by atoms with Crippen molar-refractivity contribution in [1.29, 1.82) is 0 Å². The molecule has 1 aromatic rings. The van der Waals surface area contributed by atoms with Crippen molar-refractivity contribution in [1.82, 2.24) is 0 Å². The molecule has 1 saturated carbocycles. The van der Waals surface area contributed by atoms with E-state index in [4.69, 9.17) is 19.3 Å². The van der Waals surface area contributed by atoms with Gasteiger partial charge < -0.3 is 19.3 Å². The molecule has 0 amide bonds. The SMILES string of the molecule is CCSCCOC(=O)C1=C(C)N=C2CCCC(=O)C2C1c1ccc(OCCO)c(OC)c1. The van der Waals surface area contributed by atoms with Crippen LogP contribution in [0, 0.1) is 5.92 Å². The topological polar surface area (TPSA) is 94.4 Å². The van der Waals surface area contributed by atoms with Gasteiger partial charge in [-0.25, -0.2) is 4.79 Å². The van der Waals surface area contributed by atoms with Gasteiger partial charge in [-0.15, -0.1) is 0 Å². The van der Waals surface area contributed by atoms with E-state index in [9.17, 15) is 9.59 Å². The van der Waals surface area contributed by atoms with E-state index < -0.39 is 17.8 Å². The summed E-state index contributed by atoms with van der Waals surface area (Å²) in [5.41, 5.74) is 2.65. The molecule has 0 bridgehead atoms. The lowest BCUT2D eigenvalue weighted by atomic mass is 9.69. The third-order valence-electron chi connectivity index (χ3n) is 5.69. The standard InChI is InChI=1S/C24H31NO6S/c1-4-32-13-12-31-24(28)21-15(2)25-17-6-5-7-18(27)23(17)22(21)16-8-9-19(30-11-10-26)20(14-16)29-3/h8-9,14,22-23,26H,4-7,10-13H2,1-3H3. The number of esters is 1. The Balaban J connectivity index is 2.01. The fourth-order valence-corrected chi connectivity index (χ4v) is 4.80. The van der Waals surface area contributed by atoms with Crippen molar-refractivity contribution in [3.8, 4) is 11.5 Å². The number of carbonyl (C=O) groups excluding carboxylic acids is 2. The Morgan fingerprint density at radius 3 is 2.75 bits per heavy atom. The van der Waals surface area contributed by atoms with E-state index in [-0.39, 0.29) is 19.0 Å². The monoisotopic (exact) mass is 461 g/mol. The summed E-state index contributed by atoms with van der Waals surface area (Å²) in [6, 6.07) is 5.40. The number of hydrogen-bond acceptors (Lipinski definition) is 8. The van der Waals surface area contributed by atoms with Gasteiger partial charge in [0.2, 0.25) is 0 Å². The number of methoxy groups -OCH3 is 1. The van der Waals surface area contributed by atoms with Crippen LogP contribution in [-0.4, -0.2) is 61.0 Å². The van der Waals surface area contributed by atoms with Crippen LogP contribution in [-0.2, 0) is 14.3 Å². The van der Waals surface area contributed by atoms with E-state index >= 15 is 0 Å². The number of Topliss-reactive ketones (excluding diaryl/α,β-unsaturated/α-hetero) is 1. The molecule has 0 radical (unpaired) electrons. The second-order valence-corrected chi connectivity index (χ2v) is 9.09. The highest BCUT2D eigenvalue weighted by atomic mass is 32.2. The predicted octanol–water partition coefficient (Wildman–Crippen LogP) is 3.54. The van der Waals surface area contributed by atoms with E-state index in [0.717, 1.165) is 35.6 Å². The number of benzene rings is 1. The molecule has 1 N–H and O–H groups in total. The summed E-state index contributed by atoms with van der Waals surface area (Å²) in [5.74, 6) is 1.36. The minimum atomic E-state index is -0.484. The number of aliphatic hydroxyl groups is 1. The van der Waals surface area contributed by atoms with Gasteiger partial charge in [0.05, 0.1) is 25.2 Å². The van der Waals surface area contributed by atoms with Gasteiger partial charge in [-0.05, 0) is 43.2 Å². The summed E-state index contributed by atoms with van der Waals surface area (Å²) in [4.78, 5) is 30.8. The molecule has 1 aromatic carbocycles. The van der Waals surface area contributed by atoms with Crippen LogP contribution in [0.25, 0.3) is 0 Å². The molecule has 0 aromatic heterocycles. The highest BCUT2D eigenvalue weighted by Gasteiger charge is 2.44. The average molecular weight is 462 g/mol. The lowest BCUT2D eigenvalue weighted by molar-refractivity contribution is -0.139. The zero-order chi connectivity index (χ0) is 23.1. The van der Waals surface area contributed by atoms with Crippen LogP contribution in [0.3, 0.4) is 0 Å². The molecule has 3 rings (SSSR count). The Labute approximate surface area is 193 Å². The Morgan fingerprint density at radius 2 is 2.03 bits per heavy atom. The molecule has 32 heavy (non-hydrogen) atoms. The molecule has 2 atom stereocenters. The van der Waals surface area contributed by atoms with E-state index in [1.165, 1.54) is 7.11 Å². The minimum Gasteiger partial charge on any atom is -0.493 e. The molecule has 2 aliphatic rings. The number of thioether (sulfide) groups is 1. The van der Waals surface area contributed by atoms with Crippen molar-refractivity contribution in [3.05, 3.63) is 35.0 Å². The number of carbonyl (C=O) groups is 2. The first-order valence-corrected chi connectivity index (χ1v) is 12.1. The summed E-state index contributed by atoms with van der Waals surface area (Å²) in [6.07, 6.45) is 2.00. The smallest absolute Gasteiger partial charge is 0.336 e. The van der Waals surface area contributed by atoms with Crippen LogP contribution < -0.4 is 9.47 Å². The highest BCUT2D eigenvalue weighted by Crippen LogP contribution is 2.45. The van der Waals surface area contributed by atoms with Gasteiger partial charge in [0, 0.05) is 29.5 Å². The van der Waals surface area contributed by atoms with Crippen molar-refractivity contribution in [3.63, 3.8) is 0 Å². The number of hydrogen-bond donors (Lipinski definition) is 1. The fraction of sp³-hybridized carbons (Fsp3) is 0.542. The number of rotatable bonds is 10. The number of ether oxygens (including phenoxy) is 3. The third-order valence-corrected chi connectivity index (χ3v) is 6.55.